The molecule has 0 aromatic carbocycles. The van der Waals surface area contributed by atoms with Crippen LogP contribution >= 0.6 is 0 Å². The minimum absolute atomic E-state index is 0.230. The van der Waals surface area contributed by atoms with Crippen molar-refractivity contribution < 1.29 is 51.8 Å². The van der Waals surface area contributed by atoms with Crippen molar-refractivity contribution in [3.63, 3.8) is 0 Å². The summed E-state index contributed by atoms with van der Waals surface area (Å²) in [5.74, 6) is -0.230. The third kappa shape index (κ3) is 38.8. The van der Waals surface area contributed by atoms with Crippen molar-refractivity contribution in [3.05, 3.63) is 24.3 Å². The molecule has 1 aliphatic rings. The second kappa shape index (κ2) is 46.4. The molecule has 0 aliphatic carbocycles. The summed E-state index contributed by atoms with van der Waals surface area (Å²) in [6, 6.07) is -0.860. The van der Waals surface area contributed by atoms with Crippen molar-refractivity contribution >= 4 is 16.3 Å². The van der Waals surface area contributed by atoms with Gasteiger partial charge in [-0.05, 0) is 38.5 Å². The van der Waals surface area contributed by atoms with Crippen LogP contribution < -0.4 is 5.32 Å². The van der Waals surface area contributed by atoms with E-state index in [-0.39, 0.29) is 18.9 Å². The first-order valence-corrected chi connectivity index (χ1v) is 30.1. The van der Waals surface area contributed by atoms with Gasteiger partial charge in [0.2, 0.25) is 5.91 Å². The number of allylic oxidation sites excluding steroid dienone is 4. The molecule has 1 aliphatic heterocycles. The number of unbranched alkanes of at least 4 members (excludes halogenated alkanes) is 35. The molecule has 0 aromatic rings. The van der Waals surface area contributed by atoms with E-state index in [9.17, 15) is 38.2 Å². The van der Waals surface area contributed by atoms with Crippen LogP contribution in [-0.4, -0.2) is 95.4 Å². The van der Waals surface area contributed by atoms with Gasteiger partial charge in [-0.1, -0.05) is 250 Å². The van der Waals surface area contributed by atoms with Crippen LogP contribution in [0.1, 0.15) is 271 Å². The van der Waals surface area contributed by atoms with Crippen LogP contribution in [0.3, 0.4) is 0 Å². The highest BCUT2D eigenvalue weighted by Gasteiger charge is 2.48. The zero-order valence-electron chi connectivity index (χ0n) is 44.1. The molecule has 1 fully saturated rings. The Kier molecular flexibility index (Phi) is 44.1. The van der Waals surface area contributed by atoms with Crippen molar-refractivity contribution in [1.29, 1.82) is 0 Å². The molecule has 0 aromatic heterocycles. The Balaban J connectivity index is 2.36. The molecule has 13 heteroatoms. The molecule has 408 valence electrons. The zero-order valence-corrected chi connectivity index (χ0v) is 45.0. The summed E-state index contributed by atoms with van der Waals surface area (Å²) in [5, 5.41) is 45.1. The molecule has 1 saturated heterocycles. The van der Waals surface area contributed by atoms with Gasteiger partial charge in [0.25, 0.3) is 0 Å². The number of amides is 1. The lowest BCUT2D eigenvalue weighted by Crippen LogP contribution is -2.61. The van der Waals surface area contributed by atoms with E-state index in [4.69, 9.17) is 9.47 Å². The van der Waals surface area contributed by atoms with Gasteiger partial charge in [-0.25, -0.2) is 4.18 Å². The highest BCUT2D eigenvalue weighted by molar-refractivity contribution is 7.80. The summed E-state index contributed by atoms with van der Waals surface area (Å²) in [6.45, 7) is 3.46. The van der Waals surface area contributed by atoms with Crippen molar-refractivity contribution in [1.82, 2.24) is 5.32 Å². The number of aliphatic hydroxyl groups is 4. The molecule has 7 unspecified atom stereocenters. The average Bonchev–Trinajstić information content (AvgIpc) is 3.32. The average molecular weight is 1000 g/mol. The summed E-state index contributed by atoms with van der Waals surface area (Å²) in [5.41, 5.74) is 0. The molecule has 0 bridgehead atoms. The van der Waals surface area contributed by atoms with Gasteiger partial charge < -0.3 is 35.2 Å². The van der Waals surface area contributed by atoms with Crippen LogP contribution in [-0.2, 0) is 28.9 Å². The van der Waals surface area contributed by atoms with Crippen LogP contribution in [0.2, 0.25) is 0 Å². The Morgan fingerprint density at radius 3 is 1.38 bits per heavy atom. The molecule has 7 atom stereocenters. The standard InChI is InChI=1S/C56H107NO11S/c1-3-5-7-9-11-13-15-17-19-21-23-24-25-26-28-29-31-33-35-37-39-41-43-45-50(59)49(48-66-56-54(62)55(68-69(63,64)65)53(61)51(47-58)67-56)57-52(60)46-44-42-40-38-36-34-32-30-27-22-20-18-16-14-12-10-8-6-4-2/h12,14,16,18,49-51,53-56,58-59,61-62H,3-11,13,15,17,19-48H2,1-2H3,(H,57,60)(H,63,64,65)/b14-12-,18-16-. The fourth-order valence-corrected chi connectivity index (χ4v) is 9.84. The Hall–Kier alpha value is -1.42. The van der Waals surface area contributed by atoms with Gasteiger partial charge in [-0.2, -0.15) is 8.42 Å². The molecule has 1 heterocycles. The number of ether oxygens (including phenoxy) is 2. The van der Waals surface area contributed by atoms with Gasteiger partial charge in [0.1, 0.15) is 24.4 Å². The lowest BCUT2D eigenvalue weighted by atomic mass is 9.99. The highest BCUT2D eigenvalue weighted by Crippen LogP contribution is 2.26. The lowest BCUT2D eigenvalue weighted by Gasteiger charge is -2.41. The highest BCUT2D eigenvalue weighted by atomic mass is 32.3. The lowest BCUT2D eigenvalue weighted by molar-refractivity contribution is -0.298. The van der Waals surface area contributed by atoms with Crippen LogP contribution in [0.25, 0.3) is 0 Å². The summed E-state index contributed by atoms with van der Waals surface area (Å²) >= 11 is 0. The molecular formula is C56H107NO11S. The van der Waals surface area contributed by atoms with Crippen LogP contribution in [0.4, 0.5) is 0 Å². The van der Waals surface area contributed by atoms with E-state index < -0.39 is 59.9 Å². The van der Waals surface area contributed by atoms with Gasteiger partial charge >= 0.3 is 10.4 Å². The third-order valence-corrected chi connectivity index (χ3v) is 14.3. The first kappa shape index (κ1) is 65.6. The van der Waals surface area contributed by atoms with Crippen molar-refractivity contribution in [3.8, 4) is 0 Å². The quantitative estimate of drug-likeness (QED) is 0.0193. The largest absolute Gasteiger partial charge is 0.397 e. The van der Waals surface area contributed by atoms with E-state index >= 15 is 0 Å². The van der Waals surface area contributed by atoms with Crippen molar-refractivity contribution in [2.75, 3.05) is 13.2 Å². The third-order valence-electron chi connectivity index (χ3n) is 13.8. The minimum Gasteiger partial charge on any atom is -0.394 e. The number of carbonyl (C=O) groups is 1. The Morgan fingerprint density at radius 1 is 0.580 bits per heavy atom. The monoisotopic (exact) mass is 1000 g/mol. The summed E-state index contributed by atoms with van der Waals surface area (Å²) in [7, 11) is -5.08. The van der Waals surface area contributed by atoms with Gasteiger partial charge in [0, 0.05) is 6.42 Å². The maximum Gasteiger partial charge on any atom is 0.397 e. The van der Waals surface area contributed by atoms with E-state index in [0.29, 0.717) is 12.8 Å². The van der Waals surface area contributed by atoms with Gasteiger partial charge in [0.05, 0.1) is 25.4 Å². The van der Waals surface area contributed by atoms with Crippen LogP contribution in [0.15, 0.2) is 24.3 Å². The number of aliphatic hydroxyl groups excluding tert-OH is 4. The molecule has 6 N–H and O–H groups in total. The topological polar surface area (TPSA) is 192 Å². The molecule has 69 heavy (non-hydrogen) atoms. The molecule has 1 rings (SSSR count). The maximum atomic E-state index is 13.1. The SMILES string of the molecule is CCCCC/C=C\C=C/CCCCCCCCCCCCC(=O)NC(COC1OC(CO)C(O)C(OS(=O)(=O)O)C1O)C(O)CCCCCCCCCCCCCCCCCCCCCCCCC. The number of carbonyl (C=O) groups excluding carboxylic acids is 1. The van der Waals surface area contributed by atoms with Gasteiger partial charge in [-0.15, -0.1) is 0 Å². The molecule has 12 nitrogen and oxygen atoms in total. The second-order valence-electron chi connectivity index (χ2n) is 20.3. The number of rotatable bonds is 50. The minimum atomic E-state index is -5.08. The first-order chi connectivity index (χ1) is 33.5. The normalized spacial score (nSPS) is 19.8. The smallest absolute Gasteiger partial charge is 0.394 e. The first-order valence-electron chi connectivity index (χ1n) is 28.7. The Labute approximate surface area is 422 Å². The Morgan fingerprint density at radius 2 is 0.957 bits per heavy atom. The van der Waals surface area contributed by atoms with E-state index in [2.05, 4.69) is 47.7 Å². The maximum absolute atomic E-state index is 13.1. The van der Waals surface area contributed by atoms with E-state index in [1.807, 2.05) is 0 Å². The van der Waals surface area contributed by atoms with Gasteiger partial charge in [-0.3, -0.25) is 9.35 Å². The molecule has 0 saturated carbocycles. The van der Waals surface area contributed by atoms with E-state index in [1.54, 1.807) is 0 Å². The summed E-state index contributed by atoms with van der Waals surface area (Å²) in [4.78, 5) is 13.1. The molecule has 1 amide bonds. The molecule has 0 spiro atoms. The molecular weight excluding hydrogens is 895 g/mol. The zero-order chi connectivity index (χ0) is 50.5. The van der Waals surface area contributed by atoms with E-state index in [0.717, 1.165) is 51.4 Å². The predicted octanol–water partition coefficient (Wildman–Crippen LogP) is 13.2. The van der Waals surface area contributed by atoms with Crippen LogP contribution in [0, 0.1) is 0 Å². The Bertz CT molecular complexity index is 1320. The molecule has 0 radical (unpaired) electrons. The van der Waals surface area contributed by atoms with Crippen LogP contribution in [0.5, 0.6) is 0 Å². The second-order valence-corrected chi connectivity index (χ2v) is 21.3. The summed E-state index contributed by atoms with van der Waals surface area (Å²) in [6.07, 6.45) is 47.5. The fourth-order valence-electron chi connectivity index (χ4n) is 9.34. The number of hydrogen-bond donors (Lipinski definition) is 6. The van der Waals surface area contributed by atoms with Crippen molar-refractivity contribution in [2.24, 2.45) is 0 Å². The fraction of sp³-hybridized carbons (Fsp3) is 0.911. The van der Waals surface area contributed by atoms with Crippen molar-refractivity contribution in [2.45, 2.75) is 314 Å². The predicted molar refractivity (Wildman–Crippen MR) is 282 cm³/mol. The van der Waals surface area contributed by atoms with Gasteiger partial charge in [0.15, 0.2) is 6.29 Å². The number of hydrogen-bond acceptors (Lipinski definition) is 10. The van der Waals surface area contributed by atoms with E-state index in [1.165, 1.54) is 186 Å². The number of nitrogens with one attached hydrogen (secondary N) is 1. The summed E-state index contributed by atoms with van der Waals surface area (Å²) < 4.78 is 47.9.